The molecule has 25 heavy (non-hydrogen) atoms. The van der Waals surface area contributed by atoms with Gasteiger partial charge in [0.2, 0.25) is 0 Å². The molecule has 0 radical (unpaired) electrons. The molecule has 0 spiro atoms. The van der Waals surface area contributed by atoms with Gasteiger partial charge >= 0.3 is 0 Å². The second-order valence-corrected chi connectivity index (χ2v) is 6.87. The summed E-state index contributed by atoms with van der Waals surface area (Å²) in [5.41, 5.74) is 2.45. The van der Waals surface area contributed by atoms with Crippen LogP contribution in [0.5, 0.6) is 0 Å². The van der Waals surface area contributed by atoms with E-state index in [0.717, 1.165) is 56.5 Å². The third-order valence-electron chi connectivity index (χ3n) is 4.45. The average molecular weight is 361 g/mol. The Bertz CT molecular complexity index is 657. The molecule has 1 fully saturated rings. The molecule has 1 aliphatic rings. The van der Waals surface area contributed by atoms with Gasteiger partial charge in [0.15, 0.2) is 0 Å². The molecule has 0 aliphatic carbocycles. The molecule has 6 heteroatoms. The second-order valence-electron chi connectivity index (χ2n) is 6.43. The summed E-state index contributed by atoms with van der Waals surface area (Å²) in [6.07, 6.45) is 4.64. The number of nitrogens with zero attached hydrogens (tertiary/aromatic N) is 4. The molecule has 1 aliphatic heterocycles. The van der Waals surface area contributed by atoms with Gasteiger partial charge in [-0.2, -0.15) is 0 Å². The van der Waals surface area contributed by atoms with E-state index in [1.54, 1.807) is 7.11 Å². The van der Waals surface area contributed by atoms with E-state index in [1.165, 1.54) is 11.1 Å². The first-order valence-corrected chi connectivity index (χ1v) is 9.08. The number of rotatable bonds is 7. The van der Waals surface area contributed by atoms with Crippen LogP contribution in [0.1, 0.15) is 17.0 Å². The van der Waals surface area contributed by atoms with Crippen LogP contribution in [0.2, 0.25) is 5.02 Å². The Morgan fingerprint density at radius 1 is 1.00 bits per heavy atom. The molecule has 2 heterocycles. The van der Waals surface area contributed by atoms with Gasteiger partial charge in [0, 0.05) is 75.8 Å². The van der Waals surface area contributed by atoms with Crippen LogP contribution in [0.3, 0.4) is 0 Å². The highest BCUT2D eigenvalue weighted by atomic mass is 35.5. The fourth-order valence-electron chi connectivity index (χ4n) is 3.04. The minimum atomic E-state index is 0.661. The van der Waals surface area contributed by atoms with E-state index in [4.69, 9.17) is 16.3 Å². The van der Waals surface area contributed by atoms with Crippen LogP contribution in [-0.4, -0.2) is 59.7 Å². The van der Waals surface area contributed by atoms with E-state index in [0.29, 0.717) is 6.61 Å². The lowest BCUT2D eigenvalue weighted by molar-refractivity contribution is 0.122. The highest BCUT2D eigenvalue weighted by Crippen LogP contribution is 2.14. The second kappa shape index (κ2) is 9.25. The summed E-state index contributed by atoms with van der Waals surface area (Å²) in [5.74, 6) is 0.844. The van der Waals surface area contributed by atoms with Crippen LogP contribution < -0.4 is 0 Å². The SMILES string of the molecule is COCCc1ncc(CN2CCN(Cc3cccc(Cl)c3)CC2)cn1. The zero-order chi connectivity index (χ0) is 17.5. The van der Waals surface area contributed by atoms with Crippen LogP contribution in [0, 0.1) is 0 Å². The number of halogens is 1. The lowest BCUT2D eigenvalue weighted by Crippen LogP contribution is -2.45. The number of ether oxygens (including phenoxy) is 1. The third kappa shape index (κ3) is 5.75. The first-order valence-electron chi connectivity index (χ1n) is 8.71. The summed E-state index contributed by atoms with van der Waals surface area (Å²) in [4.78, 5) is 13.8. The molecule has 0 N–H and O–H groups in total. The highest BCUT2D eigenvalue weighted by molar-refractivity contribution is 6.30. The standard InChI is InChI=1S/C19H25ClN4O/c1-25-10-5-19-21-12-17(13-22-19)15-24-8-6-23(7-9-24)14-16-3-2-4-18(20)11-16/h2-4,11-13H,5-10,14-15H2,1H3. The smallest absolute Gasteiger partial charge is 0.130 e. The summed E-state index contributed by atoms with van der Waals surface area (Å²) in [6.45, 7) is 6.80. The predicted octanol–water partition coefficient (Wildman–Crippen LogP) is 2.64. The van der Waals surface area contributed by atoms with Gasteiger partial charge in [-0.3, -0.25) is 9.80 Å². The van der Waals surface area contributed by atoms with Gasteiger partial charge in [0.25, 0.3) is 0 Å². The van der Waals surface area contributed by atoms with E-state index in [1.807, 2.05) is 24.5 Å². The van der Waals surface area contributed by atoms with Crippen LogP contribution in [0.15, 0.2) is 36.7 Å². The van der Waals surface area contributed by atoms with Crippen molar-refractivity contribution in [2.75, 3.05) is 39.9 Å². The van der Waals surface area contributed by atoms with Crippen molar-refractivity contribution < 1.29 is 4.74 Å². The number of methoxy groups -OCH3 is 1. The number of benzene rings is 1. The number of hydrogen-bond donors (Lipinski definition) is 0. The van der Waals surface area contributed by atoms with E-state index >= 15 is 0 Å². The van der Waals surface area contributed by atoms with Crippen LogP contribution in [0.4, 0.5) is 0 Å². The molecule has 1 aromatic carbocycles. The topological polar surface area (TPSA) is 41.5 Å². The zero-order valence-electron chi connectivity index (χ0n) is 14.7. The van der Waals surface area contributed by atoms with E-state index in [-0.39, 0.29) is 0 Å². The molecule has 5 nitrogen and oxygen atoms in total. The van der Waals surface area contributed by atoms with Crippen molar-refractivity contribution in [2.24, 2.45) is 0 Å². The molecule has 0 unspecified atom stereocenters. The molecule has 1 aromatic heterocycles. The van der Waals surface area contributed by atoms with Crippen molar-refractivity contribution in [1.29, 1.82) is 0 Å². The summed E-state index contributed by atoms with van der Waals surface area (Å²) in [5, 5.41) is 0.810. The quantitative estimate of drug-likeness (QED) is 0.759. The van der Waals surface area contributed by atoms with Crippen LogP contribution >= 0.6 is 11.6 Å². The largest absolute Gasteiger partial charge is 0.384 e. The van der Waals surface area contributed by atoms with Crippen molar-refractivity contribution in [2.45, 2.75) is 19.5 Å². The minimum absolute atomic E-state index is 0.661. The maximum Gasteiger partial charge on any atom is 0.130 e. The normalized spacial score (nSPS) is 16.2. The molecule has 0 saturated carbocycles. The monoisotopic (exact) mass is 360 g/mol. The van der Waals surface area contributed by atoms with Crippen molar-refractivity contribution in [3.8, 4) is 0 Å². The predicted molar refractivity (Wildman–Crippen MR) is 99.6 cm³/mol. The van der Waals surface area contributed by atoms with Crippen molar-refractivity contribution >= 4 is 11.6 Å². The molecular formula is C19H25ClN4O. The Morgan fingerprint density at radius 3 is 2.24 bits per heavy atom. The molecule has 0 bridgehead atoms. The molecule has 2 aromatic rings. The van der Waals surface area contributed by atoms with Gasteiger partial charge in [-0.05, 0) is 17.7 Å². The summed E-state index contributed by atoms with van der Waals surface area (Å²) in [6, 6.07) is 8.13. The van der Waals surface area contributed by atoms with Gasteiger partial charge in [-0.25, -0.2) is 9.97 Å². The lowest BCUT2D eigenvalue weighted by Gasteiger charge is -2.34. The Labute approximate surface area is 154 Å². The first kappa shape index (κ1) is 18.3. The fraction of sp³-hybridized carbons (Fsp3) is 0.474. The van der Waals surface area contributed by atoms with Gasteiger partial charge in [-0.1, -0.05) is 23.7 Å². The molecule has 134 valence electrons. The molecular weight excluding hydrogens is 336 g/mol. The Morgan fingerprint density at radius 2 is 1.64 bits per heavy atom. The Balaban J connectivity index is 1.44. The number of hydrogen-bond acceptors (Lipinski definition) is 5. The van der Waals surface area contributed by atoms with Crippen molar-refractivity contribution in [3.05, 3.63) is 58.6 Å². The number of aromatic nitrogens is 2. The lowest BCUT2D eigenvalue weighted by atomic mass is 10.2. The van der Waals surface area contributed by atoms with E-state index in [2.05, 4.69) is 31.9 Å². The van der Waals surface area contributed by atoms with Crippen LogP contribution in [0.25, 0.3) is 0 Å². The summed E-state index contributed by atoms with van der Waals surface area (Å²) < 4.78 is 5.06. The van der Waals surface area contributed by atoms with E-state index in [9.17, 15) is 0 Å². The maximum atomic E-state index is 6.07. The van der Waals surface area contributed by atoms with Crippen LogP contribution in [-0.2, 0) is 24.2 Å². The van der Waals surface area contributed by atoms with Crippen molar-refractivity contribution in [3.63, 3.8) is 0 Å². The van der Waals surface area contributed by atoms with Gasteiger partial charge < -0.3 is 4.74 Å². The molecule has 1 saturated heterocycles. The summed E-state index contributed by atoms with van der Waals surface area (Å²) in [7, 11) is 1.69. The van der Waals surface area contributed by atoms with Gasteiger partial charge in [-0.15, -0.1) is 0 Å². The number of piperazine rings is 1. The minimum Gasteiger partial charge on any atom is -0.384 e. The Hall–Kier alpha value is -1.53. The fourth-order valence-corrected chi connectivity index (χ4v) is 3.26. The van der Waals surface area contributed by atoms with Crippen molar-refractivity contribution in [1.82, 2.24) is 19.8 Å². The highest BCUT2D eigenvalue weighted by Gasteiger charge is 2.17. The molecule has 3 rings (SSSR count). The Kier molecular flexibility index (Phi) is 6.76. The average Bonchev–Trinajstić information content (AvgIpc) is 2.63. The molecule has 0 atom stereocenters. The summed E-state index contributed by atoms with van der Waals surface area (Å²) >= 11 is 6.07. The first-order chi connectivity index (χ1) is 12.2. The maximum absolute atomic E-state index is 6.07. The van der Waals surface area contributed by atoms with E-state index < -0.39 is 0 Å². The van der Waals surface area contributed by atoms with Gasteiger partial charge in [0.05, 0.1) is 6.61 Å². The zero-order valence-corrected chi connectivity index (χ0v) is 15.5. The third-order valence-corrected chi connectivity index (χ3v) is 4.69. The van der Waals surface area contributed by atoms with Gasteiger partial charge in [0.1, 0.15) is 5.82 Å². The molecule has 0 amide bonds.